The number of benzene rings is 1. The number of hydrogen-bond acceptors (Lipinski definition) is 6. The first kappa shape index (κ1) is 17.9. The molecule has 1 aromatic carbocycles. The van der Waals surface area contributed by atoms with E-state index in [9.17, 15) is 9.59 Å². The summed E-state index contributed by atoms with van der Waals surface area (Å²) in [5.74, 6) is -1.20. The predicted molar refractivity (Wildman–Crippen MR) is 78.5 cm³/mol. The highest BCUT2D eigenvalue weighted by atomic mass is 17.5. The van der Waals surface area contributed by atoms with Crippen LogP contribution in [-0.4, -0.2) is 17.5 Å². The molecule has 0 spiro atoms. The van der Waals surface area contributed by atoms with Crippen LogP contribution in [0.3, 0.4) is 0 Å². The summed E-state index contributed by atoms with van der Waals surface area (Å²) in [5, 5.41) is 4.41. The van der Waals surface area contributed by atoms with Crippen LogP contribution in [0.5, 0.6) is 5.75 Å². The Morgan fingerprint density at radius 2 is 1.73 bits per heavy atom. The maximum absolute atomic E-state index is 11.4. The lowest BCUT2D eigenvalue weighted by Gasteiger charge is -2.20. The van der Waals surface area contributed by atoms with Crippen LogP contribution in [0.15, 0.2) is 42.5 Å². The zero-order chi connectivity index (χ0) is 16.4. The van der Waals surface area contributed by atoms with Crippen molar-refractivity contribution >= 4 is 11.9 Å². The van der Waals surface area contributed by atoms with Gasteiger partial charge in [0.15, 0.2) is 0 Å². The fourth-order valence-corrected chi connectivity index (χ4v) is 1.59. The number of carbonyl (C=O) groups is 2. The van der Waals surface area contributed by atoms with Crippen LogP contribution in [0.4, 0.5) is 0 Å². The molecule has 0 atom stereocenters. The Balaban J connectivity index is 2.31. The van der Waals surface area contributed by atoms with Crippen LogP contribution >= 0.6 is 0 Å². The van der Waals surface area contributed by atoms with Gasteiger partial charge < -0.3 is 4.74 Å². The predicted octanol–water partition coefficient (Wildman–Crippen LogP) is 3.13. The summed E-state index contributed by atoms with van der Waals surface area (Å²) in [4.78, 5) is 32.1. The van der Waals surface area contributed by atoms with Crippen molar-refractivity contribution in [2.45, 2.75) is 39.2 Å². The summed E-state index contributed by atoms with van der Waals surface area (Å²) < 4.78 is 4.95. The summed E-state index contributed by atoms with van der Waals surface area (Å²) in [5.41, 5.74) is -0.564. The van der Waals surface area contributed by atoms with Crippen molar-refractivity contribution in [3.63, 3.8) is 0 Å². The molecule has 0 N–H and O–H groups in total. The quantitative estimate of drug-likeness (QED) is 0.241. The van der Waals surface area contributed by atoms with Crippen molar-refractivity contribution in [1.82, 2.24) is 0 Å². The summed E-state index contributed by atoms with van der Waals surface area (Å²) >= 11 is 0. The first-order chi connectivity index (χ1) is 10.4. The summed E-state index contributed by atoms with van der Waals surface area (Å²) in [6.07, 6.45) is 3.47. The number of rotatable bonds is 8. The normalized spacial score (nSPS) is 11.4. The Kier molecular flexibility index (Phi) is 7.28. The van der Waals surface area contributed by atoms with Gasteiger partial charge >= 0.3 is 11.9 Å². The summed E-state index contributed by atoms with van der Waals surface area (Å²) in [7, 11) is 0. The van der Waals surface area contributed by atoms with Crippen LogP contribution in [-0.2, 0) is 24.4 Å². The maximum atomic E-state index is 11.4. The van der Waals surface area contributed by atoms with E-state index in [0.29, 0.717) is 5.75 Å². The molecule has 1 rings (SSSR count). The summed E-state index contributed by atoms with van der Waals surface area (Å²) in [6, 6.07) is 8.49. The number of carbonyl (C=O) groups excluding carboxylic acids is 2. The van der Waals surface area contributed by atoms with Gasteiger partial charge in [0.05, 0.1) is 0 Å². The first-order valence-electron chi connectivity index (χ1n) is 6.94. The van der Waals surface area contributed by atoms with Gasteiger partial charge in [-0.2, -0.15) is 4.89 Å². The van der Waals surface area contributed by atoms with Crippen molar-refractivity contribution in [3.05, 3.63) is 42.5 Å². The van der Waals surface area contributed by atoms with Gasteiger partial charge in [-0.25, -0.2) is 9.59 Å². The molecule has 0 unspecified atom stereocenters. The Morgan fingerprint density at radius 3 is 2.36 bits per heavy atom. The zero-order valence-electron chi connectivity index (χ0n) is 12.9. The van der Waals surface area contributed by atoms with E-state index in [1.54, 1.807) is 44.2 Å². The van der Waals surface area contributed by atoms with Crippen molar-refractivity contribution in [2.24, 2.45) is 0 Å². The molecule has 0 amide bonds. The lowest BCUT2D eigenvalue weighted by molar-refractivity contribution is -0.515. The monoisotopic (exact) mass is 308 g/mol. The fraction of sp³-hybridized carbons (Fsp3) is 0.375. The Bertz CT molecular complexity index is 507. The van der Waals surface area contributed by atoms with E-state index in [-0.39, 0.29) is 0 Å². The molecular weight excluding hydrogens is 288 g/mol. The molecule has 0 saturated carbocycles. The highest BCUT2D eigenvalue weighted by Gasteiger charge is 2.19. The van der Waals surface area contributed by atoms with E-state index < -0.39 is 17.5 Å². The molecule has 0 aliphatic rings. The SMILES string of the molecule is CCCC(C)(C)OOOC(=O)/C=C/C(=O)Oc1ccccc1. The molecule has 22 heavy (non-hydrogen) atoms. The molecule has 0 radical (unpaired) electrons. The van der Waals surface area contributed by atoms with E-state index in [1.807, 2.05) is 6.92 Å². The van der Waals surface area contributed by atoms with E-state index in [2.05, 4.69) is 9.93 Å². The van der Waals surface area contributed by atoms with E-state index >= 15 is 0 Å². The van der Waals surface area contributed by atoms with Gasteiger partial charge in [0.1, 0.15) is 11.4 Å². The molecule has 1 aromatic rings. The van der Waals surface area contributed by atoms with Crippen molar-refractivity contribution < 1.29 is 29.1 Å². The van der Waals surface area contributed by atoms with E-state index in [4.69, 9.17) is 9.62 Å². The molecule has 120 valence electrons. The third kappa shape index (κ3) is 7.56. The minimum atomic E-state index is -0.877. The smallest absolute Gasteiger partial charge is 0.369 e. The van der Waals surface area contributed by atoms with Crippen LogP contribution in [0.1, 0.15) is 33.6 Å². The highest BCUT2D eigenvalue weighted by molar-refractivity contribution is 5.92. The average molecular weight is 308 g/mol. The number of para-hydroxylation sites is 1. The second-order valence-corrected chi connectivity index (χ2v) is 5.13. The molecule has 6 heteroatoms. The Labute approximate surface area is 129 Å². The standard InChI is InChI=1S/C16H20O6/c1-4-12-16(2,3)21-22-20-15(18)11-10-14(17)19-13-8-6-5-7-9-13/h5-11H,4,12H2,1-3H3/b11-10+. The van der Waals surface area contributed by atoms with Crippen molar-refractivity contribution in [1.29, 1.82) is 0 Å². The van der Waals surface area contributed by atoms with Gasteiger partial charge in [0.25, 0.3) is 0 Å². The molecule has 0 aromatic heterocycles. The van der Waals surface area contributed by atoms with Crippen LogP contribution in [0, 0.1) is 0 Å². The third-order valence-electron chi connectivity index (χ3n) is 2.54. The van der Waals surface area contributed by atoms with Gasteiger partial charge in [0, 0.05) is 12.2 Å². The van der Waals surface area contributed by atoms with Gasteiger partial charge in [-0.05, 0) is 37.4 Å². The average Bonchev–Trinajstić information content (AvgIpc) is 2.46. The first-order valence-corrected chi connectivity index (χ1v) is 6.94. The van der Waals surface area contributed by atoms with Crippen LogP contribution in [0.25, 0.3) is 0 Å². The lowest BCUT2D eigenvalue weighted by Crippen LogP contribution is -2.24. The minimum absolute atomic E-state index is 0.381. The second kappa shape index (κ2) is 8.96. The van der Waals surface area contributed by atoms with Gasteiger partial charge in [0.2, 0.25) is 0 Å². The second-order valence-electron chi connectivity index (χ2n) is 5.13. The Morgan fingerprint density at radius 1 is 1.09 bits per heavy atom. The molecule has 6 nitrogen and oxygen atoms in total. The fourth-order valence-electron chi connectivity index (χ4n) is 1.59. The number of hydrogen-bond donors (Lipinski definition) is 0. The summed E-state index contributed by atoms with van der Waals surface area (Å²) in [6.45, 7) is 5.60. The number of ether oxygens (including phenoxy) is 1. The van der Waals surface area contributed by atoms with E-state index in [1.165, 1.54) is 0 Å². The Hall–Kier alpha value is -2.18. The third-order valence-corrected chi connectivity index (χ3v) is 2.54. The van der Waals surface area contributed by atoms with Crippen molar-refractivity contribution in [3.8, 4) is 5.75 Å². The highest BCUT2D eigenvalue weighted by Crippen LogP contribution is 2.16. The van der Waals surface area contributed by atoms with Gasteiger partial charge in [-0.1, -0.05) is 31.5 Å². The molecule has 0 bridgehead atoms. The number of esters is 1. The maximum Gasteiger partial charge on any atom is 0.369 e. The van der Waals surface area contributed by atoms with E-state index in [0.717, 1.165) is 25.0 Å². The molecule has 0 saturated heterocycles. The molecule has 0 aliphatic carbocycles. The molecule has 0 heterocycles. The van der Waals surface area contributed by atoms with Crippen LogP contribution < -0.4 is 4.74 Å². The molecular formula is C16H20O6. The molecule has 0 aliphatic heterocycles. The van der Waals surface area contributed by atoms with Gasteiger partial charge in [-0.15, -0.1) is 0 Å². The topological polar surface area (TPSA) is 71.1 Å². The minimum Gasteiger partial charge on any atom is -0.423 e. The molecule has 0 fully saturated rings. The largest absolute Gasteiger partial charge is 0.423 e. The van der Waals surface area contributed by atoms with Crippen molar-refractivity contribution in [2.75, 3.05) is 0 Å². The van der Waals surface area contributed by atoms with Crippen LogP contribution in [0.2, 0.25) is 0 Å². The van der Waals surface area contributed by atoms with Gasteiger partial charge in [-0.3, -0.25) is 4.89 Å². The lowest BCUT2D eigenvalue weighted by atomic mass is 10.0. The zero-order valence-corrected chi connectivity index (χ0v) is 12.9.